The van der Waals surface area contributed by atoms with Crippen molar-refractivity contribution in [3.63, 3.8) is 0 Å². The lowest BCUT2D eigenvalue weighted by Crippen LogP contribution is -2.15. The number of nitrogens with zero attached hydrogens (tertiary/aromatic N) is 1. The van der Waals surface area contributed by atoms with Gasteiger partial charge in [0.05, 0.1) is 25.5 Å². The number of benzene rings is 1. The largest absolute Gasteiger partial charge is 0.497 e. The van der Waals surface area contributed by atoms with Gasteiger partial charge in [-0.2, -0.15) is 0 Å². The molecule has 20 heavy (non-hydrogen) atoms. The maximum atomic E-state index is 5.56. The molecule has 1 aliphatic rings. The highest BCUT2D eigenvalue weighted by molar-refractivity contribution is 5.65. The third-order valence-corrected chi connectivity index (χ3v) is 3.34. The predicted octanol–water partition coefficient (Wildman–Crippen LogP) is 2.61. The van der Waals surface area contributed by atoms with Crippen molar-refractivity contribution in [1.29, 1.82) is 0 Å². The Labute approximate surface area is 117 Å². The SMILES string of the molecule is COc1ccc(OC)c(-c2nc(CNC3CC3)co2)c1. The van der Waals surface area contributed by atoms with Crippen LogP contribution in [0.2, 0.25) is 0 Å². The van der Waals surface area contributed by atoms with Crippen LogP contribution in [0.5, 0.6) is 11.5 Å². The van der Waals surface area contributed by atoms with Crippen LogP contribution in [0.1, 0.15) is 18.5 Å². The average molecular weight is 274 g/mol. The van der Waals surface area contributed by atoms with Gasteiger partial charge in [-0.15, -0.1) is 0 Å². The molecular weight excluding hydrogens is 256 g/mol. The summed E-state index contributed by atoms with van der Waals surface area (Å²) in [5.74, 6) is 2.01. The monoisotopic (exact) mass is 274 g/mol. The van der Waals surface area contributed by atoms with Gasteiger partial charge >= 0.3 is 0 Å². The zero-order chi connectivity index (χ0) is 13.9. The van der Waals surface area contributed by atoms with E-state index in [2.05, 4.69) is 10.3 Å². The highest BCUT2D eigenvalue weighted by atomic mass is 16.5. The summed E-state index contributed by atoms with van der Waals surface area (Å²) in [5, 5.41) is 3.41. The van der Waals surface area contributed by atoms with Gasteiger partial charge in [-0.05, 0) is 31.0 Å². The van der Waals surface area contributed by atoms with E-state index < -0.39 is 0 Å². The summed E-state index contributed by atoms with van der Waals surface area (Å²) in [7, 11) is 3.26. The van der Waals surface area contributed by atoms with Gasteiger partial charge < -0.3 is 19.2 Å². The number of ether oxygens (including phenoxy) is 2. The molecule has 0 saturated heterocycles. The van der Waals surface area contributed by atoms with Crippen LogP contribution < -0.4 is 14.8 Å². The number of hydrogen-bond donors (Lipinski definition) is 1. The molecular formula is C15H18N2O3. The van der Waals surface area contributed by atoms with Gasteiger partial charge in [0, 0.05) is 12.6 Å². The zero-order valence-corrected chi connectivity index (χ0v) is 11.7. The Kier molecular flexibility index (Phi) is 3.60. The van der Waals surface area contributed by atoms with E-state index in [4.69, 9.17) is 13.9 Å². The summed E-state index contributed by atoms with van der Waals surface area (Å²) in [6, 6.07) is 6.21. The molecule has 0 aliphatic heterocycles. The number of hydrogen-bond acceptors (Lipinski definition) is 5. The third kappa shape index (κ3) is 2.77. The van der Waals surface area contributed by atoms with Crippen LogP contribution in [0, 0.1) is 0 Å². The van der Waals surface area contributed by atoms with Crippen LogP contribution in [0.25, 0.3) is 11.5 Å². The van der Waals surface area contributed by atoms with Gasteiger partial charge in [-0.25, -0.2) is 4.98 Å². The van der Waals surface area contributed by atoms with Gasteiger partial charge in [-0.3, -0.25) is 0 Å². The third-order valence-electron chi connectivity index (χ3n) is 3.34. The summed E-state index contributed by atoms with van der Waals surface area (Å²) < 4.78 is 16.1. The molecule has 0 unspecified atom stereocenters. The molecule has 106 valence electrons. The first-order valence-electron chi connectivity index (χ1n) is 6.70. The van der Waals surface area contributed by atoms with Crippen molar-refractivity contribution < 1.29 is 13.9 Å². The van der Waals surface area contributed by atoms with Gasteiger partial charge in [0.15, 0.2) is 0 Å². The smallest absolute Gasteiger partial charge is 0.230 e. The lowest BCUT2D eigenvalue weighted by Gasteiger charge is -2.07. The second kappa shape index (κ2) is 5.54. The molecule has 1 aliphatic carbocycles. The number of rotatable bonds is 6. The van der Waals surface area contributed by atoms with Gasteiger partial charge in [0.1, 0.15) is 17.8 Å². The van der Waals surface area contributed by atoms with E-state index in [-0.39, 0.29) is 0 Å². The number of oxazole rings is 1. The van der Waals surface area contributed by atoms with E-state index >= 15 is 0 Å². The molecule has 0 atom stereocenters. The van der Waals surface area contributed by atoms with E-state index in [1.54, 1.807) is 20.5 Å². The molecule has 1 aromatic carbocycles. The summed E-state index contributed by atoms with van der Waals surface area (Å²) in [4.78, 5) is 4.50. The minimum Gasteiger partial charge on any atom is -0.497 e. The van der Waals surface area contributed by atoms with E-state index in [0.717, 1.165) is 23.6 Å². The van der Waals surface area contributed by atoms with E-state index in [1.165, 1.54) is 12.8 Å². The van der Waals surface area contributed by atoms with Crippen molar-refractivity contribution in [2.45, 2.75) is 25.4 Å². The molecule has 5 heteroatoms. The molecule has 0 spiro atoms. The molecule has 2 aromatic rings. The Morgan fingerprint density at radius 2 is 2.15 bits per heavy atom. The molecule has 5 nitrogen and oxygen atoms in total. The molecule has 0 bridgehead atoms. The first kappa shape index (κ1) is 13.0. The Balaban J connectivity index is 1.83. The molecule has 0 radical (unpaired) electrons. The van der Waals surface area contributed by atoms with Crippen molar-refractivity contribution in [1.82, 2.24) is 10.3 Å². The van der Waals surface area contributed by atoms with Crippen molar-refractivity contribution >= 4 is 0 Å². The minimum absolute atomic E-state index is 0.549. The molecule has 1 fully saturated rings. The van der Waals surface area contributed by atoms with Crippen LogP contribution in [-0.4, -0.2) is 25.2 Å². The van der Waals surface area contributed by atoms with Crippen molar-refractivity contribution in [3.05, 3.63) is 30.2 Å². The second-order valence-electron chi connectivity index (χ2n) is 4.87. The number of aromatic nitrogens is 1. The normalized spacial score (nSPS) is 14.3. The highest BCUT2D eigenvalue weighted by Gasteiger charge is 2.21. The quantitative estimate of drug-likeness (QED) is 0.877. The summed E-state index contributed by atoms with van der Waals surface area (Å²) in [5.41, 5.74) is 1.70. The summed E-state index contributed by atoms with van der Waals surface area (Å²) in [6.07, 6.45) is 4.20. The number of nitrogens with one attached hydrogen (secondary N) is 1. The standard InChI is InChI=1S/C15H18N2O3/c1-18-12-5-6-14(19-2)13(7-12)15-17-11(9-20-15)8-16-10-3-4-10/h5-7,9-10,16H,3-4,8H2,1-2H3. The van der Waals surface area contributed by atoms with Gasteiger partial charge in [-0.1, -0.05) is 0 Å². The molecule has 1 saturated carbocycles. The molecule has 1 aromatic heterocycles. The van der Waals surface area contributed by atoms with Gasteiger partial charge in [0.2, 0.25) is 5.89 Å². The fraction of sp³-hybridized carbons (Fsp3) is 0.400. The summed E-state index contributed by atoms with van der Waals surface area (Å²) >= 11 is 0. The molecule has 0 amide bonds. The van der Waals surface area contributed by atoms with Crippen molar-refractivity contribution in [3.8, 4) is 23.0 Å². The summed E-state index contributed by atoms with van der Waals surface area (Å²) in [6.45, 7) is 0.737. The van der Waals surface area contributed by atoms with E-state index in [1.807, 2.05) is 18.2 Å². The molecule has 3 rings (SSSR count). The fourth-order valence-electron chi connectivity index (χ4n) is 2.03. The van der Waals surface area contributed by atoms with Crippen LogP contribution in [0.4, 0.5) is 0 Å². The Morgan fingerprint density at radius 1 is 1.30 bits per heavy atom. The predicted molar refractivity (Wildman–Crippen MR) is 74.9 cm³/mol. The highest BCUT2D eigenvalue weighted by Crippen LogP contribution is 2.32. The van der Waals surface area contributed by atoms with Gasteiger partial charge in [0.25, 0.3) is 0 Å². The Hall–Kier alpha value is -2.01. The lowest BCUT2D eigenvalue weighted by molar-refractivity contribution is 0.403. The van der Waals surface area contributed by atoms with Crippen molar-refractivity contribution in [2.24, 2.45) is 0 Å². The first-order chi connectivity index (χ1) is 9.80. The van der Waals surface area contributed by atoms with E-state index in [9.17, 15) is 0 Å². The maximum Gasteiger partial charge on any atom is 0.230 e. The molecule has 1 heterocycles. The van der Waals surface area contributed by atoms with Crippen LogP contribution in [-0.2, 0) is 6.54 Å². The van der Waals surface area contributed by atoms with Crippen LogP contribution in [0.3, 0.4) is 0 Å². The van der Waals surface area contributed by atoms with E-state index in [0.29, 0.717) is 17.7 Å². The first-order valence-corrected chi connectivity index (χ1v) is 6.70. The second-order valence-corrected chi connectivity index (χ2v) is 4.87. The number of methoxy groups -OCH3 is 2. The van der Waals surface area contributed by atoms with Crippen molar-refractivity contribution in [2.75, 3.05) is 14.2 Å². The van der Waals surface area contributed by atoms with Crippen LogP contribution >= 0.6 is 0 Å². The minimum atomic E-state index is 0.549. The van der Waals surface area contributed by atoms with Crippen LogP contribution in [0.15, 0.2) is 28.9 Å². The average Bonchev–Trinajstić information content (AvgIpc) is 3.21. The Bertz CT molecular complexity index is 591. The Morgan fingerprint density at radius 3 is 2.85 bits per heavy atom. The zero-order valence-electron chi connectivity index (χ0n) is 11.7. The lowest BCUT2D eigenvalue weighted by atomic mass is 10.2. The topological polar surface area (TPSA) is 56.5 Å². The maximum absolute atomic E-state index is 5.56. The molecule has 1 N–H and O–H groups in total. The fourth-order valence-corrected chi connectivity index (χ4v) is 2.03.